The molecule has 1 heterocycles. The first-order valence-corrected chi connectivity index (χ1v) is 11.5. The molecule has 1 amide bonds. The van der Waals surface area contributed by atoms with Gasteiger partial charge in [-0.1, -0.05) is 55.2 Å². The molecule has 1 aliphatic carbocycles. The summed E-state index contributed by atoms with van der Waals surface area (Å²) in [7, 11) is 1.55. The molecule has 0 bridgehead atoms. The van der Waals surface area contributed by atoms with Crippen LogP contribution in [0.1, 0.15) is 45.1 Å². The molecule has 4 rings (SSSR count). The summed E-state index contributed by atoms with van der Waals surface area (Å²) in [5.41, 5.74) is 3.61. The molecule has 1 aliphatic heterocycles. The lowest BCUT2D eigenvalue weighted by atomic mass is 9.68. The monoisotopic (exact) mass is 484 g/mol. The zero-order chi connectivity index (χ0) is 23.9. The van der Waals surface area contributed by atoms with E-state index in [0.717, 1.165) is 5.70 Å². The predicted molar refractivity (Wildman–Crippen MR) is 132 cm³/mol. The fourth-order valence-electron chi connectivity index (χ4n) is 4.72. The molecule has 0 saturated heterocycles. The van der Waals surface area contributed by atoms with Gasteiger partial charge in [-0.2, -0.15) is 0 Å². The Bertz CT molecular complexity index is 1210. The Morgan fingerprint density at radius 3 is 2.58 bits per heavy atom. The number of carbonyl (C=O) groups excluding carboxylic acids is 2. The summed E-state index contributed by atoms with van der Waals surface area (Å²) in [4.78, 5) is 27.0. The van der Waals surface area contributed by atoms with E-state index in [2.05, 4.69) is 24.5 Å². The number of halogens is 2. The van der Waals surface area contributed by atoms with Gasteiger partial charge in [-0.3, -0.25) is 9.59 Å². The van der Waals surface area contributed by atoms with Crippen LogP contribution in [0.15, 0.2) is 65.0 Å². The number of amides is 1. The van der Waals surface area contributed by atoms with E-state index < -0.39 is 5.92 Å². The summed E-state index contributed by atoms with van der Waals surface area (Å²) in [5, 5.41) is 7.21. The maximum atomic E-state index is 13.6. The van der Waals surface area contributed by atoms with Gasteiger partial charge in [-0.15, -0.1) is 0 Å². The number of rotatable bonds is 4. The van der Waals surface area contributed by atoms with Gasteiger partial charge in [-0.25, -0.2) is 0 Å². The highest BCUT2D eigenvalue weighted by molar-refractivity contribution is 6.35. The Labute approximate surface area is 203 Å². The van der Waals surface area contributed by atoms with Crippen molar-refractivity contribution in [3.63, 3.8) is 0 Å². The summed E-state index contributed by atoms with van der Waals surface area (Å²) in [6.07, 6.45) is 1.10. The van der Waals surface area contributed by atoms with Gasteiger partial charge in [0.2, 0.25) is 0 Å². The third kappa shape index (κ3) is 4.53. The van der Waals surface area contributed by atoms with Crippen molar-refractivity contribution in [2.75, 3.05) is 12.4 Å². The maximum absolute atomic E-state index is 13.6. The third-order valence-electron chi connectivity index (χ3n) is 6.11. The number of methoxy groups -OCH3 is 1. The van der Waals surface area contributed by atoms with Crippen LogP contribution in [0.4, 0.5) is 5.69 Å². The summed E-state index contributed by atoms with van der Waals surface area (Å²) in [5.74, 6) is -0.377. The molecular weight excluding hydrogens is 459 g/mol. The van der Waals surface area contributed by atoms with Crippen LogP contribution in [0.5, 0.6) is 5.75 Å². The molecule has 7 heteroatoms. The number of Topliss-reactive ketones (excluding diaryl/α,β-unsaturated/α-hetero) is 1. The van der Waals surface area contributed by atoms with Crippen molar-refractivity contribution in [3.8, 4) is 5.75 Å². The molecule has 0 unspecified atom stereocenters. The summed E-state index contributed by atoms with van der Waals surface area (Å²) in [6, 6.07) is 12.4. The van der Waals surface area contributed by atoms with Gasteiger partial charge in [-0.05, 0) is 48.6 Å². The van der Waals surface area contributed by atoms with Crippen molar-refractivity contribution in [2.45, 2.75) is 39.5 Å². The lowest BCUT2D eigenvalue weighted by Crippen LogP contribution is -2.39. The zero-order valence-electron chi connectivity index (χ0n) is 19.0. The first-order chi connectivity index (χ1) is 15.6. The highest BCUT2D eigenvalue weighted by atomic mass is 35.5. The second-order valence-electron chi connectivity index (χ2n) is 9.25. The molecule has 2 aliphatic rings. The van der Waals surface area contributed by atoms with Crippen LogP contribution >= 0.6 is 23.2 Å². The second-order valence-corrected chi connectivity index (χ2v) is 10.1. The van der Waals surface area contributed by atoms with E-state index in [4.69, 9.17) is 27.9 Å². The van der Waals surface area contributed by atoms with Crippen molar-refractivity contribution in [3.05, 3.63) is 80.6 Å². The molecule has 0 saturated carbocycles. The van der Waals surface area contributed by atoms with Crippen LogP contribution in [0.2, 0.25) is 10.0 Å². The molecule has 2 aromatic rings. The SMILES string of the molecule is COc1ccccc1NC(=O)C1=C(C)NC2=C(C(=O)CC(C)(C)C2)[C@@H]1c1ccc(Cl)cc1Cl. The van der Waals surface area contributed by atoms with Crippen molar-refractivity contribution < 1.29 is 14.3 Å². The second kappa shape index (κ2) is 8.88. The largest absolute Gasteiger partial charge is 0.495 e. The minimum atomic E-state index is -0.607. The number of ether oxygens (including phenoxy) is 1. The average Bonchev–Trinajstić information content (AvgIpc) is 2.72. The number of ketones is 1. The average molecular weight is 485 g/mol. The van der Waals surface area contributed by atoms with Gasteiger partial charge in [0.15, 0.2) is 5.78 Å². The first kappa shape index (κ1) is 23.4. The summed E-state index contributed by atoms with van der Waals surface area (Å²) >= 11 is 12.8. The summed E-state index contributed by atoms with van der Waals surface area (Å²) in [6.45, 7) is 6.00. The van der Waals surface area contributed by atoms with Gasteiger partial charge in [0.05, 0.1) is 12.8 Å². The van der Waals surface area contributed by atoms with Gasteiger partial charge in [0, 0.05) is 44.9 Å². The van der Waals surface area contributed by atoms with Gasteiger partial charge < -0.3 is 15.4 Å². The van der Waals surface area contributed by atoms with Crippen LogP contribution in [0.25, 0.3) is 0 Å². The Kier molecular flexibility index (Phi) is 6.30. The Balaban J connectivity index is 1.84. The van der Waals surface area contributed by atoms with E-state index >= 15 is 0 Å². The normalized spacial score (nSPS) is 19.7. The third-order valence-corrected chi connectivity index (χ3v) is 6.68. The molecule has 0 fully saturated rings. The number of para-hydroxylation sites is 2. The first-order valence-electron chi connectivity index (χ1n) is 10.7. The summed E-state index contributed by atoms with van der Waals surface area (Å²) < 4.78 is 5.38. The molecule has 2 aromatic carbocycles. The molecular formula is C26H26Cl2N2O3. The van der Waals surface area contributed by atoms with E-state index in [1.165, 1.54) is 0 Å². The van der Waals surface area contributed by atoms with Gasteiger partial charge in [0.1, 0.15) is 5.75 Å². The Morgan fingerprint density at radius 1 is 1.15 bits per heavy atom. The molecule has 0 radical (unpaired) electrons. The van der Waals surface area contributed by atoms with E-state index in [-0.39, 0.29) is 17.1 Å². The number of dihydropyridines is 1. The number of hydrogen-bond donors (Lipinski definition) is 2. The number of hydrogen-bond acceptors (Lipinski definition) is 4. The molecule has 0 spiro atoms. The minimum Gasteiger partial charge on any atom is -0.495 e. The Hall–Kier alpha value is -2.76. The number of anilines is 1. The van der Waals surface area contributed by atoms with Crippen LogP contribution in [0, 0.1) is 5.41 Å². The lowest BCUT2D eigenvalue weighted by Gasteiger charge is -2.39. The van der Waals surface area contributed by atoms with Crippen LogP contribution in [0.3, 0.4) is 0 Å². The molecule has 172 valence electrons. The highest BCUT2D eigenvalue weighted by Gasteiger charge is 2.43. The number of nitrogens with one attached hydrogen (secondary N) is 2. The van der Waals surface area contributed by atoms with E-state index in [9.17, 15) is 9.59 Å². The quantitative estimate of drug-likeness (QED) is 0.538. The molecule has 1 atom stereocenters. The van der Waals surface area contributed by atoms with Crippen LogP contribution < -0.4 is 15.4 Å². The smallest absolute Gasteiger partial charge is 0.254 e. The van der Waals surface area contributed by atoms with Gasteiger partial charge >= 0.3 is 0 Å². The zero-order valence-corrected chi connectivity index (χ0v) is 20.5. The van der Waals surface area contributed by atoms with E-state index in [1.807, 2.05) is 19.1 Å². The fraction of sp³-hybridized carbons (Fsp3) is 0.308. The van der Waals surface area contributed by atoms with Crippen molar-refractivity contribution in [1.29, 1.82) is 0 Å². The van der Waals surface area contributed by atoms with Crippen molar-refractivity contribution in [1.82, 2.24) is 5.32 Å². The Morgan fingerprint density at radius 2 is 1.88 bits per heavy atom. The predicted octanol–water partition coefficient (Wildman–Crippen LogP) is 6.24. The number of benzene rings is 2. The number of carbonyl (C=O) groups is 2. The van der Waals surface area contributed by atoms with E-state index in [0.29, 0.717) is 56.7 Å². The van der Waals surface area contributed by atoms with Crippen molar-refractivity contribution >= 4 is 40.6 Å². The topological polar surface area (TPSA) is 67.4 Å². The van der Waals surface area contributed by atoms with Gasteiger partial charge in [0.25, 0.3) is 5.91 Å². The van der Waals surface area contributed by atoms with Crippen LogP contribution in [-0.4, -0.2) is 18.8 Å². The lowest BCUT2D eigenvalue weighted by molar-refractivity contribution is -0.118. The fourth-order valence-corrected chi connectivity index (χ4v) is 5.24. The molecule has 5 nitrogen and oxygen atoms in total. The number of allylic oxidation sites excluding steroid dienone is 3. The molecule has 0 aromatic heterocycles. The standard InChI is InChI=1S/C26H26Cl2N2O3/c1-14-22(25(32)30-18-7-5-6-8-21(18)33-4)23(16-10-9-15(27)11-17(16)28)24-19(29-14)12-26(2,3)13-20(24)31/h5-11,23,29H,12-13H2,1-4H3,(H,30,32)/t23-/m1/s1. The molecule has 2 N–H and O–H groups in total. The minimum absolute atomic E-state index is 0.0138. The highest BCUT2D eigenvalue weighted by Crippen LogP contribution is 2.48. The van der Waals surface area contributed by atoms with E-state index in [1.54, 1.807) is 37.4 Å². The molecule has 33 heavy (non-hydrogen) atoms. The van der Waals surface area contributed by atoms with Crippen molar-refractivity contribution in [2.24, 2.45) is 5.41 Å². The van der Waals surface area contributed by atoms with Crippen LogP contribution in [-0.2, 0) is 9.59 Å². The maximum Gasteiger partial charge on any atom is 0.254 e.